The first-order chi connectivity index (χ1) is 16.8. The quantitative estimate of drug-likeness (QED) is 0.257. The van der Waals surface area contributed by atoms with Gasteiger partial charge in [0.15, 0.2) is 11.6 Å². The molecule has 1 nitrogen and oxygen atoms in total. The van der Waals surface area contributed by atoms with E-state index in [4.69, 9.17) is 4.74 Å². The van der Waals surface area contributed by atoms with E-state index in [1.54, 1.807) is 6.07 Å². The van der Waals surface area contributed by atoms with Crippen molar-refractivity contribution < 1.29 is 22.3 Å². The molecule has 0 spiro atoms. The zero-order valence-electron chi connectivity index (χ0n) is 21.7. The molecule has 198 valence electrons. The summed E-state index contributed by atoms with van der Waals surface area (Å²) in [7, 11) is 0. The number of alkyl halides is 3. The first kappa shape index (κ1) is 26.8. The highest BCUT2D eigenvalue weighted by Gasteiger charge is 2.41. The van der Waals surface area contributed by atoms with Crippen LogP contribution in [-0.2, 0) is 19.0 Å². The summed E-state index contributed by atoms with van der Waals surface area (Å²) in [6.07, 6.45) is 11.4. The maximum atomic E-state index is 15.4. The van der Waals surface area contributed by atoms with Crippen LogP contribution in [0.15, 0.2) is 6.07 Å². The molecule has 1 heterocycles. The number of hydrogen-bond acceptors (Lipinski definition) is 1. The van der Waals surface area contributed by atoms with Gasteiger partial charge in [0.2, 0.25) is 0 Å². The number of fused-ring (bicyclic) bond motifs is 1. The van der Waals surface area contributed by atoms with Crippen molar-refractivity contribution in [1.82, 2.24) is 0 Å². The van der Waals surface area contributed by atoms with Gasteiger partial charge in [-0.2, -0.15) is 13.2 Å². The number of ether oxygens (including phenoxy) is 1. The van der Waals surface area contributed by atoms with Crippen molar-refractivity contribution in [2.24, 2.45) is 23.7 Å². The van der Waals surface area contributed by atoms with Gasteiger partial charge in [-0.05, 0) is 73.3 Å². The van der Waals surface area contributed by atoms with E-state index in [-0.39, 0.29) is 23.8 Å². The second-order valence-corrected chi connectivity index (χ2v) is 11.8. The number of hydrogen-bond donors (Lipinski definition) is 0. The fourth-order valence-corrected chi connectivity index (χ4v) is 7.02. The molecule has 0 radical (unpaired) electrons. The average Bonchev–Trinajstić information content (AvgIpc) is 2.82. The fraction of sp³-hybridized carbons (Fsp3) is 0.800. The minimum atomic E-state index is -4.71. The van der Waals surface area contributed by atoms with Gasteiger partial charge < -0.3 is 4.74 Å². The van der Waals surface area contributed by atoms with E-state index in [0.717, 1.165) is 50.9 Å². The maximum absolute atomic E-state index is 15.4. The van der Waals surface area contributed by atoms with Crippen LogP contribution < -0.4 is 4.74 Å². The molecule has 2 saturated carbocycles. The largest absolute Gasteiger partial charge is 0.487 e. The van der Waals surface area contributed by atoms with E-state index in [9.17, 15) is 13.2 Å². The molecule has 2 fully saturated rings. The zero-order chi connectivity index (χ0) is 25.0. The molecule has 35 heavy (non-hydrogen) atoms. The Morgan fingerprint density at radius 1 is 0.886 bits per heavy atom. The van der Waals surface area contributed by atoms with Crippen LogP contribution in [0, 0.1) is 29.5 Å². The van der Waals surface area contributed by atoms with Crippen molar-refractivity contribution in [3.63, 3.8) is 0 Å². The predicted octanol–water partition coefficient (Wildman–Crippen LogP) is 9.68. The van der Waals surface area contributed by atoms with E-state index >= 15 is 4.39 Å². The Morgan fingerprint density at radius 3 is 2.17 bits per heavy atom. The van der Waals surface area contributed by atoms with Gasteiger partial charge in [0.1, 0.15) is 6.10 Å². The standard InChI is InChI=1S/C30H44F4O/c1-3-6-21-11-13-22(14-12-21)7-4-5-8-24-19-25-17-18-26(23-15-9-20(2)10-16-23)35-29(25)28(31)27(24)30(32,33)34/h19-23,26H,3-18H2,1-2H3. The Morgan fingerprint density at radius 2 is 1.54 bits per heavy atom. The number of unbranched alkanes of at least 4 members (excludes halogenated alkanes) is 1. The highest BCUT2D eigenvalue weighted by atomic mass is 19.4. The Kier molecular flexibility index (Phi) is 9.08. The molecule has 1 aliphatic heterocycles. The number of benzene rings is 1. The molecule has 1 unspecified atom stereocenters. The molecular weight excluding hydrogens is 452 g/mol. The van der Waals surface area contributed by atoms with E-state index in [0.29, 0.717) is 36.2 Å². The average molecular weight is 497 g/mol. The number of rotatable bonds is 8. The molecule has 3 aliphatic rings. The first-order valence-electron chi connectivity index (χ1n) is 14.3. The van der Waals surface area contributed by atoms with Gasteiger partial charge >= 0.3 is 6.18 Å². The van der Waals surface area contributed by atoms with Gasteiger partial charge in [0.25, 0.3) is 0 Å². The smallest absolute Gasteiger partial charge is 0.419 e. The van der Waals surface area contributed by atoms with E-state index in [2.05, 4.69) is 13.8 Å². The molecule has 0 saturated heterocycles. The molecule has 2 aliphatic carbocycles. The summed E-state index contributed by atoms with van der Waals surface area (Å²) in [6.45, 7) is 4.48. The van der Waals surface area contributed by atoms with Crippen molar-refractivity contribution in [1.29, 1.82) is 0 Å². The van der Waals surface area contributed by atoms with Crippen molar-refractivity contribution in [3.8, 4) is 5.75 Å². The molecule has 0 amide bonds. The lowest BCUT2D eigenvalue weighted by molar-refractivity contribution is -0.141. The van der Waals surface area contributed by atoms with Crippen LogP contribution >= 0.6 is 0 Å². The van der Waals surface area contributed by atoms with Crippen LogP contribution in [0.4, 0.5) is 17.6 Å². The fourth-order valence-electron chi connectivity index (χ4n) is 7.02. The third-order valence-electron chi connectivity index (χ3n) is 9.19. The van der Waals surface area contributed by atoms with Crippen molar-refractivity contribution >= 4 is 0 Å². The molecule has 4 rings (SSSR count). The monoisotopic (exact) mass is 496 g/mol. The summed E-state index contributed by atoms with van der Waals surface area (Å²) in [6, 6.07) is 1.61. The maximum Gasteiger partial charge on any atom is 0.419 e. The highest BCUT2D eigenvalue weighted by Crippen LogP contribution is 2.44. The second-order valence-electron chi connectivity index (χ2n) is 11.8. The summed E-state index contributed by atoms with van der Waals surface area (Å²) in [5, 5.41) is 0. The first-order valence-corrected chi connectivity index (χ1v) is 14.3. The van der Waals surface area contributed by atoms with Crippen LogP contribution in [0.1, 0.15) is 120 Å². The third kappa shape index (κ3) is 6.74. The van der Waals surface area contributed by atoms with Crippen LogP contribution in [0.3, 0.4) is 0 Å². The van der Waals surface area contributed by atoms with Gasteiger partial charge in [0, 0.05) is 0 Å². The lowest BCUT2D eigenvalue weighted by Gasteiger charge is -2.36. The van der Waals surface area contributed by atoms with Crippen LogP contribution in [0.5, 0.6) is 5.75 Å². The molecule has 0 N–H and O–H groups in total. The lowest BCUT2D eigenvalue weighted by atomic mass is 9.78. The normalized spacial score (nSPS) is 29.5. The zero-order valence-corrected chi connectivity index (χ0v) is 21.7. The van der Waals surface area contributed by atoms with Crippen LogP contribution in [0.2, 0.25) is 0 Å². The molecule has 0 aromatic heterocycles. The minimum Gasteiger partial charge on any atom is -0.487 e. The summed E-state index contributed by atoms with van der Waals surface area (Å²) in [4.78, 5) is 0. The Labute approximate surface area is 209 Å². The Hall–Kier alpha value is -1.26. The second kappa shape index (κ2) is 11.9. The number of aryl methyl sites for hydroxylation is 2. The molecule has 5 heteroatoms. The Balaban J connectivity index is 1.38. The van der Waals surface area contributed by atoms with Crippen molar-refractivity contribution in [2.45, 2.75) is 129 Å². The molecule has 0 bridgehead atoms. The van der Waals surface area contributed by atoms with Crippen molar-refractivity contribution in [2.75, 3.05) is 0 Å². The van der Waals surface area contributed by atoms with Gasteiger partial charge in [-0.15, -0.1) is 0 Å². The van der Waals surface area contributed by atoms with Gasteiger partial charge in [0.05, 0.1) is 5.56 Å². The van der Waals surface area contributed by atoms with E-state index in [1.807, 2.05) is 0 Å². The van der Waals surface area contributed by atoms with E-state index < -0.39 is 17.6 Å². The van der Waals surface area contributed by atoms with Crippen LogP contribution in [-0.4, -0.2) is 6.10 Å². The third-order valence-corrected chi connectivity index (χ3v) is 9.19. The Bertz CT molecular complexity index is 817. The molecule has 1 aromatic carbocycles. The van der Waals surface area contributed by atoms with Gasteiger partial charge in [-0.1, -0.05) is 84.1 Å². The van der Waals surface area contributed by atoms with Crippen molar-refractivity contribution in [3.05, 3.63) is 28.6 Å². The van der Waals surface area contributed by atoms with E-state index in [1.165, 1.54) is 38.5 Å². The number of halogens is 4. The molecular formula is C30H44F4O. The summed E-state index contributed by atoms with van der Waals surface area (Å²) < 4.78 is 63.3. The predicted molar refractivity (Wildman–Crippen MR) is 133 cm³/mol. The minimum absolute atomic E-state index is 0.119. The van der Waals surface area contributed by atoms with Crippen LogP contribution in [0.25, 0.3) is 0 Å². The summed E-state index contributed by atoms with van der Waals surface area (Å²) >= 11 is 0. The SMILES string of the molecule is CCCC1CCC(CCCCc2cc3c(c(F)c2C(F)(F)F)OC(C2CCC(C)CC2)CC3)CC1. The highest BCUT2D eigenvalue weighted by molar-refractivity contribution is 5.47. The van der Waals surface area contributed by atoms with Gasteiger partial charge in [-0.3, -0.25) is 0 Å². The summed E-state index contributed by atoms with van der Waals surface area (Å²) in [5.41, 5.74) is -0.344. The molecule has 1 aromatic rings. The molecule has 1 atom stereocenters. The lowest BCUT2D eigenvalue weighted by Crippen LogP contribution is -2.34. The van der Waals surface area contributed by atoms with Gasteiger partial charge in [-0.25, -0.2) is 4.39 Å². The topological polar surface area (TPSA) is 9.23 Å². The summed E-state index contributed by atoms with van der Waals surface area (Å²) in [5.74, 6) is 1.29.